The second kappa shape index (κ2) is 7.32. The van der Waals surface area contributed by atoms with E-state index in [0.29, 0.717) is 38.3 Å². The number of H-pyrrole nitrogens is 1. The van der Waals surface area contributed by atoms with Gasteiger partial charge in [-0.3, -0.25) is 14.5 Å². The summed E-state index contributed by atoms with van der Waals surface area (Å²) in [5.74, 6) is -0.562. The molecule has 1 amide bonds. The van der Waals surface area contributed by atoms with Crippen LogP contribution in [0.4, 0.5) is 4.39 Å². The van der Waals surface area contributed by atoms with Crippen LogP contribution in [-0.4, -0.2) is 46.9 Å². The quantitative estimate of drug-likeness (QED) is 0.776. The van der Waals surface area contributed by atoms with Gasteiger partial charge < -0.3 is 9.88 Å². The summed E-state index contributed by atoms with van der Waals surface area (Å²) >= 11 is 0. The van der Waals surface area contributed by atoms with Crippen molar-refractivity contribution >= 4 is 16.8 Å². The van der Waals surface area contributed by atoms with E-state index in [0.717, 1.165) is 16.5 Å². The highest BCUT2D eigenvalue weighted by atomic mass is 19.1. The van der Waals surface area contributed by atoms with Crippen molar-refractivity contribution in [2.45, 2.75) is 6.54 Å². The van der Waals surface area contributed by atoms with Gasteiger partial charge in [-0.25, -0.2) is 4.39 Å². The number of amides is 1. The molecule has 0 bridgehead atoms. The lowest BCUT2D eigenvalue weighted by Crippen LogP contribution is -2.48. The third-order valence-electron chi connectivity index (χ3n) is 4.96. The van der Waals surface area contributed by atoms with Gasteiger partial charge in [-0.2, -0.15) is 0 Å². The summed E-state index contributed by atoms with van der Waals surface area (Å²) in [6.45, 7) is 3.00. The molecule has 1 fully saturated rings. The molecule has 0 radical (unpaired) electrons. The first-order valence-corrected chi connectivity index (χ1v) is 8.98. The van der Waals surface area contributed by atoms with Crippen molar-refractivity contribution in [3.8, 4) is 0 Å². The maximum atomic E-state index is 13.3. The average Bonchev–Trinajstić information content (AvgIpc) is 2.68. The molecular weight excluding hydrogens is 345 g/mol. The van der Waals surface area contributed by atoms with Gasteiger partial charge in [-0.05, 0) is 35.7 Å². The van der Waals surface area contributed by atoms with E-state index in [9.17, 15) is 14.0 Å². The number of nitrogens with zero attached hydrogens (tertiary/aromatic N) is 2. The molecule has 1 aliphatic heterocycles. The molecule has 1 saturated heterocycles. The molecular formula is C21H20FN3O2. The first-order chi connectivity index (χ1) is 13.1. The maximum absolute atomic E-state index is 13.3. The minimum absolute atomic E-state index is 0.0769. The number of hydrogen-bond donors (Lipinski definition) is 1. The molecule has 1 N–H and O–H groups in total. The van der Waals surface area contributed by atoms with Gasteiger partial charge in [0.1, 0.15) is 5.82 Å². The summed E-state index contributed by atoms with van der Waals surface area (Å²) < 4.78 is 13.3. The van der Waals surface area contributed by atoms with Gasteiger partial charge in [-0.15, -0.1) is 0 Å². The number of piperazine rings is 1. The van der Waals surface area contributed by atoms with Crippen molar-refractivity contribution in [1.82, 2.24) is 14.8 Å². The summed E-state index contributed by atoms with van der Waals surface area (Å²) in [5.41, 5.74) is 1.84. The fourth-order valence-corrected chi connectivity index (χ4v) is 3.46. The van der Waals surface area contributed by atoms with Crippen molar-refractivity contribution in [2.75, 3.05) is 26.2 Å². The van der Waals surface area contributed by atoms with Gasteiger partial charge in [0.25, 0.3) is 11.5 Å². The Balaban J connectivity index is 1.42. The standard InChI is InChI=1S/C21H20FN3O2/c22-18-6-3-5-16(13-18)21(27)25-10-8-24(9-11-25)14-17-12-15-4-1-2-7-19(15)23-20(17)26/h1-7,12-13H,8-11,14H2,(H,23,26). The molecule has 4 rings (SSSR count). The number of rotatable bonds is 3. The Morgan fingerprint density at radius 3 is 2.56 bits per heavy atom. The lowest BCUT2D eigenvalue weighted by atomic mass is 10.1. The van der Waals surface area contributed by atoms with Gasteiger partial charge in [-0.1, -0.05) is 24.3 Å². The SMILES string of the molecule is O=C(c1cccc(F)c1)N1CCN(Cc2cc3ccccc3[nH]c2=O)CC1. The molecule has 138 valence electrons. The number of fused-ring (bicyclic) bond motifs is 1. The number of para-hydroxylation sites is 1. The van der Waals surface area contributed by atoms with Gasteiger partial charge >= 0.3 is 0 Å². The van der Waals surface area contributed by atoms with E-state index in [1.165, 1.54) is 12.1 Å². The van der Waals surface area contributed by atoms with Crippen LogP contribution in [0.2, 0.25) is 0 Å². The zero-order valence-corrected chi connectivity index (χ0v) is 14.8. The lowest BCUT2D eigenvalue weighted by molar-refractivity contribution is 0.0627. The van der Waals surface area contributed by atoms with Gasteiger partial charge in [0.05, 0.1) is 0 Å². The predicted octanol–water partition coefficient (Wildman–Crippen LogP) is 2.63. The Bertz CT molecular complexity index is 1040. The van der Waals surface area contributed by atoms with Crippen LogP contribution < -0.4 is 5.56 Å². The Kier molecular flexibility index (Phi) is 4.73. The number of halogens is 1. The monoisotopic (exact) mass is 365 g/mol. The molecule has 5 nitrogen and oxygen atoms in total. The second-order valence-corrected chi connectivity index (χ2v) is 6.79. The Hall–Kier alpha value is -2.99. The number of aromatic amines is 1. The molecule has 2 aromatic carbocycles. The van der Waals surface area contributed by atoms with E-state index in [2.05, 4.69) is 9.88 Å². The molecule has 27 heavy (non-hydrogen) atoms. The summed E-state index contributed by atoms with van der Waals surface area (Å²) in [7, 11) is 0. The highest BCUT2D eigenvalue weighted by Gasteiger charge is 2.23. The van der Waals surface area contributed by atoms with Gasteiger partial charge in [0, 0.05) is 49.4 Å². The van der Waals surface area contributed by atoms with Crippen LogP contribution in [0.5, 0.6) is 0 Å². The fourth-order valence-electron chi connectivity index (χ4n) is 3.46. The number of hydrogen-bond acceptors (Lipinski definition) is 3. The summed E-state index contributed by atoms with van der Waals surface area (Å²) in [4.78, 5) is 31.6. The molecule has 3 aromatic rings. The Morgan fingerprint density at radius 1 is 1.00 bits per heavy atom. The lowest BCUT2D eigenvalue weighted by Gasteiger charge is -2.34. The predicted molar refractivity (Wildman–Crippen MR) is 102 cm³/mol. The number of carbonyl (C=O) groups excluding carboxylic acids is 1. The minimum atomic E-state index is -0.407. The number of pyridine rings is 1. The zero-order valence-electron chi connectivity index (χ0n) is 14.8. The molecule has 0 aliphatic carbocycles. The molecule has 1 aliphatic rings. The van der Waals surface area contributed by atoms with Crippen LogP contribution in [0.25, 0.3) is 10.9 Å². The molecule has 0 saturated carbocycles. The summed E-state index contributed by atoms with van der Waals surface area (Å²) in [5, 5.41) is 1.01. The molecule has 6 heteroatoms. The molecule has 0 spiro atoms. The van der Waals surface area contributed by atoms with Crippen LogP contribution >= 0.6 is 0 Å². The van der Waals surface area contributed by atoms with E-state index in [1.54, 1.807) is 17.0 Å². The number of benzene rings is 2. The Morgan fingerprint density at radius 2 is 1.78 bits per heavy atom. The third-order valence-corrected chi connectivity index (χ3v) is 4.96. The number of nitrogens with one attached hydrogen (secondary N) is 1. The van der Waals surface area contributed by atoms with E-state index in [-0.39, 0.29) is 11.5 Å². The molecule has 0 atom stereocenters. The average molecular weight is 365 g/mol. The van der Waals surface area contributed by atoms with Crippen LogP contribution in [0, 0.1) is 5.82 Å². The van der Waals surface area contributed by atoms with E-state index in [1.807, 2.05) is 30.3 Å². The molecule has 1 aromatic heterocycles. The molecule has 2 heterocycles. The smallest absolute Gasteiger partial charge is 0.254 e. The maximum Gasteiger partial charge on any atom is 0.254 e. The van der Waals surface area contributed by atoms with Crippen molar-refractivity contribution in [1.29, 1.82) is 0 Å². The van der Waals surface area contributed by atoms with Gasteiger partial charge in [0.2, 0.25) is 0 Å². The summed E-state index contributed by atoms with van der Waals surface area (Å²) in [6.07, 6.45) is 0. The first kappa shape index (κ1) is 17.4. The topological polar surface area (TPSA) is 56.4 Å². The van der Waals surface area contributed by atoms with Crippen molar-refractivity contribution < 1.29 is 9.18 Å². The van der Waals surface area contributed by atoms with Crippen molar-refractivity contribution in [3.63, 3.8) is 0 Å². The van der Waals surface area contributed by atoms with Gasteiger partial charge in [0.15, 0.2) is 0 Å². The fraction of sp³-hybridized carbons (Fsp3) is 0.238. The normalized spacial score (nSPS) is 15.2. The first-order valence-electron chi connectivity index (χ1n) is 8.98. The van der Waals surface area contributed by atoms with E-state index in [4.69, 9.17) is 0 Å². The molecule has 0 unspecified atom stereocenters. The van der Waals surface area contributed by atoms with Crippen LogP contribution in [-0.2, 0) is 6.54 Å². The van der Waals surface area contributed by atoms with Crippen molar-refractivity contribution in [2.24, 2.45) is 0 Å². The van der Waals surface area contributed by atoms with Crippen LogP contribution in [0.15, 0.2) is 59.4 Å². The second-order valence-electron chi connectivity index (χ2n) is 6.79. The number of carbonyl (C=O) groups is 1. The minimum Gasteiger partial charge on any atom is -0.336 e. The van der Waals surface area contributed by atoms with E-state index < -0.39 is 5.82 Å². The zero-order chi connectivity index (χ0) is 18.8. The van der Waals surface area contributed by atoms with Crippen molar-refractivity contribution in [3.05, 3.63) is 81.9 Å². The highest BCUT2D eigenvalue weighted by molar-refractivity contribution is 5.94. The highest BCUT2D eigenvalue weighted by Crippen LogP contribution is 2.14. The largest absolute Gasteiger partial charge is 0.336 e. The Labute approximate surface area is 156 Å². The van der Waals surface area contributed by atoms with Crippen LogP contribution in [0.1, 0.15) is 15.9 Å². The number of aromatic nitrogens is 1. The third kappa shape index (κ3) is 3.75. The van der Waals surface area contributed by atoms with Crippen LogP contribution in [0.3, 0.4) is 0 Å². The summed E-state index contributed by atoms with van der Waals surface area (Å²) in [6, 6.07) is 15.4. The van der Waals surface area contributed by atoms with E-state index >= 15 is 0 Å².